The van der Waals surface area contributed by atoms with Crippen molar-refractivity contribution in [2.45, 2.75) is 18.7 Å². The van der Waals surface area contributed by atoms with Crippen molar-refractivity contribution in [3.63, 3.8) is 0 Å². The first-order valence-electron chi connectivity index (χ1n) is 5.06. The number of alkyl halides is 3. The van der Waals surface area contributed by atoms with Gasteiger partial charge in [-0.3, -0.25) is 0 Å². The summed E-state index contributed by atoms with van der Waals surface area (Å²) in [4.78, 5) is 11.4. The summed E-state index contributed by atoms with van der Waals surface area (Å²) in [7, 11) is 0. The lowest BCUT2D eigenvalue weighted by atomic mass is 9.93. The van der Waals surface area contributed by atoms with Crippen LogP contribution in [-0.4, -0.2) is 23.9 Å². The van der Waals surface area contributed by atoms with Gasteiger partial charge in [-0.25, -0.2) is 4.79 Å². The Hall–Kier alpha value is -0.980. The van der Waals surface area contributed by atoms with Crippen LogP contribution in [0.3, 0.4) is 0 Å². The highest BCUT2D eigenvalue weighted by Crippen LogP contribution is 2.41. The topological polar surface area (TPSA) is 46.5 Å². The molecule has 1 unspecified atom stereocenters. The van der Waals surface area contributed by atoms with Gasteiger partial charge in [0.05, 0.1) is 16.7 Å². The maximum atomic E-state index is 13.0. The molecule has 0 bridgehead atoms. The molecule has 1 atom stereocenters. The minimum atomic E-state index is -5.25. The van der Waals surface area contributed by atoms with Gasteiger partial charge in [0.1, 0.15) is 0 Å². The van der Waals surface area contributed by atoms with Gasteiger partial charge in [-0.2, -0.15) is 13.2 Å². The van der Waals surface area contributed by atoms with Crippen molar-refractivity contribution in [3.8, 4) is 0 Å². The van der Waals surface area contributed by atoms with Crippen molar-refractivity contribution in [1.29, 1.82) is 0 Å². The number of halogens is 5. The zero-order chi connectivity index (χ0) is 14.8. The van der Waals surface area contributed by atoms with Crippen LogP contribution in [0.25, 0.3) is 0 Å². The predicted octanol–water partition coefficient (Wildman–Crippen LogP) is 3.31. The van der Waals surface area contributed by atoms with Crippen molar-refractivity contribution in [3.05, 3.63) is 33.8 Å². The Bertz CT molecular complexity index is 491. The Balaban J connectivity index is 3.39. The van der Waals surface area contributed by atoms with E-state index in [2.05, 4.69) is 4.74 Å². The van der Waals surface area contributed by atoms with E-state index in [0.717, 1.165) is 18.2 Å². The van der Waals surface area contributed by atoms with Crippen molar-refractivity contribution in [1.82, 2.24) is 0 Å². The number of hydrogen-bond donors (Lipinski definition) is 1. The first-order valence-corrected chi connectivity index (χ1v) is 5.82. The fraction of sp³-hybridized carbons (Fsp3) is 0.364. The van der Waals surface area contributed by atoms with E-state index in [9.17, 15) is 23.1 Å². The highest BCUT2D eigenvalue weighted by atomic mass is 35.5. The third kappa shape index (κ3) is 2.96. The SMILES string of the molecule is CCOC(=O)C(O)(c1ccc(Cl)c(Cl)c1)C(F)(F)F. The van der Waals surface area contributed by atoms with Crippen LogP contribution in [0.15, 0.2) is 18.2 Å². The van der Waals surface area contributed by atoms with Gasteiger partial charge >= 0.3 is 12.1 Å². The molecule has 19 heavy (non-hydrogen) atoms. The highest BCUT2D eigenvalue weighted by Gasteiger charge is 2.62. The molecule has 3 nitrogen and oxygen atoms in total. The van der Waals surface area contributed by atoms with E-state index in [1.165, 1.54) is 6.92 Å². The second kappa shape index (κ2) is 5.56. The minimum Gasteiger partial charge on any atom is -0.463 e. The summed E-state index contributed by atoms with van der Waals surface area (Å²) >= 11 is 11.2. The van der Waals surface area contributed by atoms with Gasteiger partial charge in [0, 0.05) is 5.56 Å². The number of benzene rings is 1. The van der Waals surface area contributed by atoms with Crippen molar-refractivity contribution in [2.24, 2.45) is 0 Å². The molecule has 8 heteroatoms. The van der Waals surface area contributed by atoms with Gasteiger partial charge in [-0.1, -0.05) is 29.3 Å². The average molecular weight is 317 g/mol. The van der Waals surface area contributed by atoms with Gasteiger partial charge in [-0.05, 0) is 19.1 Å². The van der Waals surface area contributed by atoms with Gasteiger partial charge in [0.25, 0.3) is 5.60 Å². The van der Waals surface area contributed by atoms with Crippen LogP contribution in [-0.2, 0) is 15.1 Å². The van der Waals surface area contributed by atoms with Crippen LogP contribution in [0, 0.1) is 0 Å². The normalized spacial score (nSPS) is 14.9. The molecule has 106 valence electrons. The summed E-state index contributed by atoms with van der Waals surface area (Å²) in [5.41, 5.74) is -4.54. The van der Waals surface area contributed by atoms with Gasteiger partial charge < -0.3 is 9.84 Å². The third-order valence-electron chi connectivity index (χ3n) is 2.32. The lowest BCUT2D eigenvalue weighted by Crippen LogP contribution is -2.50. The lowest BCUT2D eigenvalue weighted by Gasteiger charge is -2.28. The number of ether oxygens (including phenoxy) is 1. The molecule has 0 fully saturated rings. The van der Waals surface area contributed by atoms with E-state index in [4.69, 9.17) is 23.2 Å². The number of hydrogen-bond acceptors (Lipinski definition) is 3. The third-order valence-corrected chi connectivity index (χ3v) is 3.06. The molecule has 0 aliphatic heterocycles. The fourth-order valence-electron chi connectivity index (χ4n) is 1.35. The van der Waals surface area contributed by atoms with Crippen LogP contribution >= 0.6 is 23.2 Å². The number of carbonyl (C=O) groups excluding carboxylic acids is 1. The number of rotatable bonds is 3. The van der Waals surface area contributed by atoms with Crippen LogP contribution in [0.2, 0.25) is 10.0 Å². The van der Waals surface area contributed by atoms with E-state index in [-0.39, 0.29) is 16.7 Å². The number of esters is 1. The second-order valence-corrected chi connectivity index (χ2v) is 4.37. The Morgan fingerprint density at radius 3 is 2.32 bits per heavy atom. The summed E-state index contributed by atoms with van der Waals surface area (Å²) in [6.07, 6.45) is -5.25. The quantitative estimate of drug-likeness (QED) is 0.870. The molecule has 1 aromatic carbocycles. The van der Waals surface area contributed by atoms with Gasteiger partial charge in [0.2, 0.25) is 0 Å². The minimum absolute atomic E-state index is 0.00111. The first-order chi connectivity index (χ1) is 8.64. The molecule has 0 saturated heterocycles. The molecule has 0 heterocycles. The smallest absolute Gasteiger partial charge is 0.432 e. The van der Waals surface area contributed by atoms with E-state index in [1.807, 2.05) is 0 Å². The summed E-state index contributed by atoms with van der Waals surface area (Å²) in [5.74, 6) is -1.82. The molecule has 0 aromatic heterocycles. The molecule has 1 rings (SSSR count). The largest absolute Gasteiger partial charge is 0.463 e. The summed E-state index contributed by atoms with van der Waals surface area (Å²) < 4.78 is 43.2. The average Bonchev–Trinajstić information content (AvgIpc) is 2.30. The maximum absolute atomic E-state index is 13.0. The molecule has 0 spiro atoms. The van der Waals surface area contributed by atoms with Crippen LogP contribution < -0.4 is 0 Å². The Morgan fingerprint density at radius 2 is 1.89 bits per heavy atom. The predicted molar refractivity (Wildman–Crippen MR) is 63.0 cm³/mol. The van der Waals surface area contributed by atoms with Gasteiger partial charge in [-0.15, -0.1) is 0 Å². The molecule has 0 saturated carbocycles. The molecule has 1 aromatic rings. The molecule has 1 N–H and O–H groups in total. The van der Waals surface area contributed by atoms with Crippen molar-refractivity contribution < 1.29 is 27.8 Å². The molecule has 0 radical (unpaired) electrons. The highest BCUT2D eigenvalue weighted by molar-refractivity contribution is 6.42. The Kier molecular flexibility index (Phi) is 4.71. The number of carbonyl (C=O) groups is 1. The monoisotopic (exact) mass is 316 g/mol. The molecule has 0 aliphatic rings. The van der Waals surface area contributed by atoms with Gasteiger partial charge in [0.15, 0.2) is 0 Å². The van der Waals surface area contributed by atoms with Crippen LogP contribution in [0.5, 0.6) is 0 Å². The van der Waals surface area contributed by atoms with E-state index < -0.39 is 23.3 Å². The second-order valence-electron chi connectivity index (χ2n) is 3.56. The van der Waals surface area contributed by atoms with Crippen molar-refractivity contribution >= 4 is 29.2 Å². The van der Waals surface area contributed by atoms with Crippen molar-refractivity contribution in [2.75, 3.05) is 6.61 Å². The first kappa shape index (κ1) is 16.1. The zero-order valence-corrected chi connectivity index (χ0v) is 11.1. The van der Waals surface area contributed by atoms with E-state index in [0.29, 0.717) is 0 Å². The zero-order valence-electron chi connectivity index (χ0n) is 9.59. The van der Waals surface area contributed by atoms with E-state index >= 15 is 0 Å². The summed E-state index contributed by atoms with van der Waals surface area (Å²) in [5, 5.41) is 9.52. The summed E-state index contributed by atoms with van der Waals surface area (Å²) in [6.45, 7) is 1.02. The van der Waals surface area contributed by atoms with Crippen LogP contribution in [0.4, 0.5) is 13.2 Å². The fourth-order valence-corrected chi connectivity index (χ4v) is 1.65. The number of aliphatic hydroxyl groups is 1. The standard InChI is InChI=1S/C11H9Cl2F3O3/c1-2-19-9(17)10(18,11(14,15)16)6-3-4-7(12)8(13)5-6/h3-5,18H,2H2,1H3. The van der Waals surface area contributed by atoms with E-state index in [1.54, 1.807) is 0 Å². The molecule has 0 amide bonds. The molecule has 0 aliphatic carbocycles. The molecular weight excluding hydrogens is 308 g/mol. The van der Waals surface area contributed by atoms with Crippen LogP contribution in [0.1, 0.15) is 12.5 Å². The Morgan fingerprint density at radius 1 is 1.32 bits per heavy atom. The Labute approximate surface area is 116 Å². The lowest BCUT2D eigenvalue weighted by molar-refractivity contribution is -0.267. The maximum Gasteiger partial charge on any atom is 0.432 e. The molecular formula is C11H9Cl2F3O3. The summed E-state index contributed by atoms with van der Waals surface area (Å²) in [6, 6.07) is 2.68.